The second-order valence-corrected chi connectivity index (χ2v) is 8.73. The largest absolute Gasteiger partial charge is 0.338 e. The van der Waals surface area contributed by atoms with E-state index in [1.807, 2.05) is 0 Å². The molecule has 11 heteroatoms. The van der Waals surface area contributed by atoms with Crippen molar-refractivity contribution < 1.29 is 22.8 Å². The number of primary sulfonamides is 1. The minimum Gasteiger partial charge on any atom is -0.338 e. The van der Waals surface area contributed by atoms with E-state index >= 15 is 0 Å². The van der Waals surface area contributed by atoms with E-state index in [1.165, 1.54) is 24.3 Å². The third-order valence-electron chi connectivity index (χ3n) is 4.22. The maximum Gasteiger partial charge on any atom is 0.319 e. The number of nitrogens with zero attached hydrogens (tertiary/aromatic N) is 1. The van der Waals surface area contributed by atoms with Crippen LogP contribution >= 0.6 is 15.9 Å². The van der Waals surface area contributed by atoms with Crippen molar-refractivity contribution in [2.24, 2.45) is 5.14 Å². The molecular weight excluding hydrogens is 464 g/mol. The average Bonchev–Trinajstić information content (AvgIpc) is 2.89. The molecule has 0 bridgehead atoms. The summed E-state index contributed by atoms with van der Waals surface area (Å²) in [4.78, 5) is 37.7. The van der Waals surface area contributed by atoms with Crippen LogP contribution in [0.25, 0.3) is 0 Å². The number of fused-ring (bicyclic) bond motifs is 1. The number of carbonyl (C=O) groups excluding carboxylic acids is 3. The Balaban J connectivity index is 1.47. The number of nitrogens with two attached hydrogens (primary N) is 1. The number of hydrogen-bond donors (Lipinski definition) is 3. The molecule has 0 radical (unpaired) electrons. The normalized spacial score (nSPS) is 13.4. The zero-order valence-corrected chi connectivity index (χ0v) is 17.4. The number of sulfonamides is 1. The molecule has 0 unspecified atom stereocenters. The van der Waals surface area contributed by atoms with Gasteiger partial charge in [-0.1, -0.05) is 15.9 Å². The first-order valence-electron chi connectivity index (χ1n) is 8.50. The third kappa shape index (κ3) is 4.81. The highest BCUT2D eigenvalue weighted by Crippen LogP contribution is 2.26. The van der Waals surface area contributed by atoms with Crippen LogP contribution in [-0.4, -0.2) is 44.3 Å². The van der Waals surface area contributed by atoms with Crippen molar-refractivity contribution in [3.05, 3.63) is 58.1 Å². The van der Waals surface area contributed by atoms with E-state index < -0.39 is 16.1 Å². The van der Waals surface area contributed by atoms with Crippen LogP contribution in [0.1, 0.15) is 27.1 Å². The van der Waals surface area contributed by atoms with E-state index in [2.05, 4.69) is 26.6 Å². The topological polar surface area (TPSA) is 139 Å². The molecular formula is C18H17BrN4O5S. The number of hydrogen-bond acceptors (Lipinski definition) is 5. The molecule has 0 saturated carbocycles. The number of amides is 4. The van der Waals surface area contributed by atoms with Crippen LogP contribution in [0.15, 0.2) is 51.8 Å². The SMILES string of the molecule is NS(=O)(=O)c1ccc(NC(=O)NCCCN2C(=O)c3ccc(Br)cc3C2=O)cc1. The monoisotopic (exact) mass is 480 g/mol. The standard InChI is InChI=1S/C18H17BrN4O5S/c19-11-2-7-14-15(10-11)17(25)23(16(14)24)9-1-8-21-18(26)22-12-3-5-13(6-4-12)29(20,27)28/h2-7,10H,1,8-9H2,(H2,20,27,28)(H2,21,22,26). The van der Waals surface area contributed by atoms with Crippen molar-refractivity contribution in [2.45, 2.75) is 11.3 Å². The Labute approximate surface area is 175 Å². The third-order valence-corrected chi connectivity index (χ3v) is 5.64. The smallest absolute Gasteiger partial charge is 0.319 e. The Bertz CT molecular complexity index is 1090. The molecule has 1 aliphatic rings. The van der Waals surface area contributed by atoms with Crippen LogP contribution < -0.4 is 15.8 Å². The van der Waals surface area contributed by atoms with Crippen LogP contribution in [0.4, 0.5) is 10.5 Å². The van der Waals surface area contributed by atoms with Gasteiger partial charge in [0.05, 0.1) is 16.0 Å². The van der Waals surface area contributed by atoms with Crippen molar-refractivity contribution in [3.8, 4) is 0 Å². The molecule has 0 saturated heterocycles. The van der Waals surface area contributed by atoms with E-state index in [9.17, 15) is 22.8 Å². The van der Waals surface area contributed by atoms with E-state index in [4.69, 9.17) is 5.14 Å². The van der Waals surface area contributed by atoms with Gasteiger partial charge in [0.1, 0.15) is 0 Å². The lowest BCUT2D eigenvalue weighted by Gasteiger charge is -2.14. The van der Waals surface area contributed by atoms with Crippen LogP contribution in [0.3, 0.4) is 0 Å². The van der Waals surface area contributed by atoms with Gasteiger partial charge in [0.15, 0.2) is 0 Å². The molecule has 1 heterocycles. The Morgan fingerprint density at radius 1 is 1.03 bits per heavy atom. The Morgan fingerprint density at radius 3 is 2.34 bits per heavy atom. The number of urea groups is 1. The fraction of sp³-hybridized carbons (Fsp3) is 0.167. The summed E-state index contributed by atoms with van der Waals surface area (Å²) in [7, 11) is -3.80. The van der Waals surface area contributed by atoms with Crippen LogP contribution in [0.2, 0.25) is 0 Å². The van der Waals surface area contributed by atoms with Gasteiger partial charge in [-0.2, -0.15) is 0 Å². The Hall–Kier alpha value is -2.76. The minimum absolute atomic E-state index is 0.0589. The van der Waals surface area contributed by atoms with Gasteiger partial charge >= 0.3 is 6.03 Å². The van der Waals surface area contributed by atoms with Gasteiger partial charge in [-0.3, -0.25) is 14.5 Å². The van der Waals surface area contributed by atoms with E-state index in [0.29, 0.717) is 23.2 Å². The van der Waals surface area contributed by atoms with E-state index in [0.717, 1.165) is 9.37 Å². The second-order valence-electron chi connectivity index (χ2n) is 6.26. The van der Waals surface area contributed by atoms with Gasteiger partial charge in [-0.25, -0.2) is 18.4 Å². The molecule has 9 nitrogen and oxygen atoms in total. The molecule has 4 N–H and O–H groups in total. The summed E-state index contributed by atoms with van der Waals surface area (Å²) in [5, 5.41) is 10.2. The molecule has 29 heavy (non-hydrogen) atoms. The Kier molecular flexibility index (Phi) is 6.01. The maximum atomic E-state index is 12.4. The number of imide groups is 1. The molecule has 4 amide bonds. The first-order chi connectivity index (χ1) is 13.7. The van der Waals surface area contributed by atoms with Gasteiger partial charge < -0.3 is 10.6 Å². The first-order valence-corrected chi connectivity index (χ1v) is 10.8. The van der Waals surface area contributed by atoms with Crippen molar-refractivity contribution in [2.75, 3.05) is 18.4 Å². The van der Waals surface area contributed by atoms with Gasteiger partial charge in [0, 0.05) is 23.2 Å². The molecule has 0 spiro atoms. The number of anilines is 1. The molecule has 2 aromatic rings. The number of carbonyl (C=O) groups is 3. The fourth-order valence-electron chi connectivity index (χ4n) is 2.81. The highest BCUT2D eigenvalue weighted by Gasteiger charge is 2.34. The fourth-order valence-corrected chi connectivity index (χ4v) is 3.68. The average molecular weight is 481 g/mol. The first kappa shape index (κ1) is 21.0. The van der Waals surface area contributed by atoms with Crippen molar-refractivity contribution in [1.29, 1.82) is 0 Å². The van der Waals surface area contributed by atoms with Crippen LogP contribution in [0.5, 0.6) is 0 Å². The zero-order valence-electron chi connectivity index (χ0n) is 15.0. The lowest BCUT2D eigenvalue weighted by Crippen LogP contribution is -2.35. The highest BCUT2D eigenvalue weighted by atomic mass is 79.9. The number of halogens is 1. The summed E-state index contributed by atoms with van der Waals surface area (Å²) in [6.07, 6.45) is 0.379. The summed E-state index contributed by atoms with van der Waals surface area (Å²) < 4.78 is 23.1. The van der Waals surface area contributed by atoms with E-state index in [1.54, 1.807) is 18.2 Å². The number of benzene rings is 2. The Morgan fingerprint density at radius 2 is 1.69 bits per heavy atom. The summed E-state index contributed by atoms with van der Waals surface area (Å²) >= 11 is 3.28. The molecule has 152 valence electrons. The van der Waals surface area contributed by atoms with Crippen molar-refractivity contribution in [1.82, 2.24) is 10.2 Å². The second kappa shape index (κ2) is 8.31. The summed E-state index contributed by atoms with van der Waals surface area (Å²) in [5.41, 5.74) is 1.12. The predicted molar refractivity (Wildman–Crippen MR) is 109 cm³/mol. The van der Waals surface area contributed by atoms with Crippen LogP contribution in [-0.2, 0) is 10.0 Å². The van der Waals surface area contributed by atoms with Gasteiger partial charge in [0.2, 0.25) is 10.0 Å². The molecule has 3 rings (SSSR count). The molecule has 0 aliphatic carbocycles. The van der Waals surface area contributed by atoms with E-state index in [-0.39, 0.29) is 29.8 Å². The zero-order chi connectivity index (χ0) is 21.2. The molecule has 0 atom stereocenters. The van der Waals surface area contributed by atoms with Crippen LogP contribution in [0, 0.1) is 0 Å². The van der Waals surface area contributed by atoms with Crippen molar-refractivity contribution >= 4 is 49.5 Å². The lowest BCUT2D eigenvalue weighted by molar-refractivity contribution is 0.0653. The lowest BCUT2D eigenvalue weighted by atomic mass is 10.1. The minimum atomic E-state index is -3.80. The van der Waals surface area contributed by atoms with Gasteiger partial charge in [-0.15, -0.1) is 0 Å². The molecule has 1 aliphatic heterocycles. The highest BCUT2D eigenvalue weighted by molar-refractivity contribution is 9.10. The number of nitrogens with one attached hydrogen (secondary N) is 2. The van der Waals surface area contributed by atoms with Crippen molar-refractivity contribution in [3.63, 3.8) is 0 Å². The predicted octanol–water partition coefficient (Wildman–Crippen LogP) is 1.90. The van der Waals surface area contributed by atoms with Gasteiger partial charge in [-0.05, 0) is 48.9 Å². The quantitative estimate of drug-likeness (QED) is 0.427. The maximum absolute atomic E-state index is 12.4. The summed E-state index contributed by atoms with van der Waals surface area (Å²) in [6, 6.07) is 9.81. The summed E-state index contributed by atoms with van der Waals surface area (Å²) in [6.45, 7) is 0.408. The molecule has 0 aromatic heterocycles. The summed E-state index contributed by atoms with van der Waals surface area (Å²) in [5.74, 6) is -0.706. The van der Waals surface area contributed by atoms with Gasteiger partial charge in [0.25, 0.3) is 11.8 Å². The number of rotatable bonds is 6. The molecule has 2 aromatic carbocycles. The molecule has 0 fully saturated rings.